The molecule has 6 heteroatoms. The molecule has 6 nitrogen and oxygen atoms in total. The first-order valence-corrected chi connectivity index (χ1v) is 6.56. The number of carbonyl (C=O) groups is 2. The standard InChI is InChI=1S/C14H18N2O4/c1-10(17)15-6-3-7-16(9-8-15)14(20)11-4-2-5-12(18)13(11)19/h2,4-5,18-19H,3,6-9H2,1H3. The second-order valence-electron chi connectivity index (χ2n) is 4.83. The quantitative estimate of drug-likeness (QED) is 0.744. The molecule has 1 saturated heterocycles. The summed E-state index contributed by atoms with van der Waals surface area (Å²) in [5.74, 6) is -1.04. The third-order valence-electron chi connectivity index (χ3n) is 3.47. The Morgan fingerprint density at radius 2 is 1.70 bits per heavy atom. The van der Waals surface area contributed by atoms with Gasteiger partial charge in [-0.3, -0.25) is 9.59 Å². The molecule has 0 aliphatic carbocycles. The lowest BCUT2D eigenvalue weighted by Gasteiger charge is -2.21. The Balaban J connectivity index is 2.13. The van der Waals surface area contributed by atoms with E-state index in [9.17, 15) is 19.8 Å². The van der Waals surface area contributed by atoms with Crippen molar-refractivity contribution in [3.63, 3.8) is 0 Å². The smallest absolute Gasteiger partial charge is 0.257 e. The number of nitrogens with zero attached hydrogens (tertiary/aromatic N) is 2. The minimum absolute atomic E-state index is 0.000461. The fourth-order valence-corrected chi connectivity index (χ4v) is 2.31. The van der Waals surface area contributed by atoms with Gasteiger partial charge in [0, 0.05) is 33.1 Å². The van der Waals surface area contributed by atoms with Gasteiger partial charge in [0.05, 0.1) is 5.56 Å². The number of phenolic OH excluding ortho intramolecular Hbond substituents is 2. The van der Waals surface area contributed by atoms with Gasteiger partial charge in [-0.1, -0.05) is 6.07 Å². The summed E-state index contributed by atoms with van der Waals surface area (Å²) < 4.78 is 0. The summed E-state index contributed by atoms with van der Waals surface area (Å²) in [6.07, 6.45) is 0.699. The van der Waals surface area contributed by atoms with Crippen LogP contribution in [0.25, 0.3) is 0 Å². The summed E-state index contributed by atoms with van der Waals surface area (Å²) in [6, 6.07) is 4.32. The summed E-state index contributed by atoms with van der Waals surface area (Å²) in [7, 11) is 0. The van der Waals surface area contributed by atoms with E-state index in [0.29, 0.717) is 32.6 Å². The normalized spacial score (nSPS) is 15.8. The average molecular weight is 278 g/mol. The maximum Gasteiger partial charge on any atom is 0.257 e. The highest BCUT2D eigenvalue weighted by Gasteiger charge is 2.23. The van der Waals surface area contributed by atoms with E-state index >= 15 is 0 Å². The van der Waals surface area contributed by atoms with Crippen LogP contribution in [0.2, 0.25) is 0 Å². The maximum atomic E-state index is 12.4. The molecule has 1 aromatic carbocycles. The third kappa shape index (κ3) is 2.84. The minimum atomic E-state index is -0.398. The predicted octanol–water partition coefficient (Wildman–Crippen LogP) is 0.792. The molecule has 0 bridgehead atoms. The summed E-state index contributed by atoms with van der Waals surface area (Å²) in [5, 5.41) is 19.2. The fourth-order valence-electron chi connectivity index (χ4n) is 2.31. The van der Waals surface area contributed by atoms with Crippen molar-refractivity contribution in [2.75, 3.05) is 26.2 Å². The lowest BCUT2D eigenvalue weighted by molar-refractivity contribution is -0.128. The molecule has 20 heavy (non-hydrogen) atoms. The van der Waals surface area contributed by atoms with Crippen LogP contribution in [0.3, 0.4) is 0 Å². The van der Waals surface area contributed by atoms with E-state index < -0.39 is 5.75 Å². The molecule has 1 fully saturated rings. The molecule has 0 atom stereocenters. The molecule has 0 spiro atoms. The van der Waals surface area contributed by atoms with Crippen LogP contribution < -0.4 is 0 Å². The first kappa shape index (κ1) is 14.2. The van der Waals surface area contributed by atoms with Gasteiger partial charge in [0.2, 0.25) is 5.91 Å². The lowest BCUT2D eigenvalue weighted by Crippen LogP contribution is -2.36. The Labute approximate surface area is 117 Å². The average Bonchev–Trinajstić information content (AvgIpc) is 2.67. The molecule has 0 saturated carbocycles. The van der Waals surface area contributed by atoms with Crippen LogP contribution in [0.1, 0.15) is 23.7 Å². The van der Waals surface area contributed by atoms with Crippen LogP contribution in [-0.4, -0.2) is 58.0 Å². The van der Waals surface area contributed by atoms with Crippen molar-refractivity contribution in [2.45, 2.75) is 13.3 Å². The van der Waals surface area contributed by atoms with Gasteiger partial charge in [0.25, 0.3) is 5.91 Å². The van der Waals surface area contributed by atoms with Crippen LogP contribution in [0.15, 0.2) is 18.2 Å². The highest BCUT2D eigenvalue weighted by atomic mass is 16.3. The van der Waals surface area contributed by atoms with Gasteiger partial charge in [-0.2, -0.15) is 0 Å². The Morgan fingerprint density at radius 1 is 1.05 bits per heavy atom. The molecule has 0 radical (unpaired) electrons. The highest BCUT2D eigenvalue weighted by molar-refractivity contribution is 5.97. The highest BCUT2D eigenvalue weighted by Crippen LogP contribution is 2.29. The van der Waals surface area contributed by atoms with Gasteiger partial charge >= 0.3 is 0 Å². The Morgan fingerprint density at radius 3 is 2.40 bits per heavy atom. The Bertz CT molecular complexity index is 530. The third-order valence-corrected chi connectivity index (χ3v) is 3.47. The number of rotatable bonds is 1. The molecule has 108 valence electrons. The second kappa shape index (κ2) is 5.81. The fraction of sp³-hybridized carbons (Fsp3) is 0.429. The molecule has 0 aromatic heterocycles. The SMILES string of the molecule is CC(=O)N1CCCN(C(=O)c2cccc(O)c2O)CC1. The molecule has 1 aliphatic heterocycles. The molecule has 2 amide bonds. The van der Waals surface area contributed by atoms with Gasteiger partial charge in [-0.05, 0) is 18.6 Å². The number of aromatic hydroxyl groups is 2. The summed E-state index contributed by atoms with van der Waals surface area (Å²) in [5.41, 5.74) is 0.0845. The minimum Gasteiger partial charge on any atom is -0.504 e. The summed E-state index contributed by atoms with van der Waals surface area (Å²) in [6.45, 7) is 3.58. The number of carbonyl (C=O) groups excluding carboxylic acids is 2. The van der Waals surface area contributed by atoms with E-state index in [-0.39, 0.29) is 23.1 Å². The second-order valence-corrected chi connectivity index (χ2v) is 4.83. The molecular weight excluding hydrogens is 260 g/mol. The predicted molar refractivity (Wildman–Crippen MR) is 72.5 cm³/mol. The number of hydrogen-bond acceptors (Lipinski definition) is 4. The maximum absolute atomic E-state index is 12.4. The Kier molecular flexibility index (Phi) is 4.12. The van der Waals surface area contributed by atoms with Gasteiger partial charge in [0.1, 0.15) is 0 Å². The van der Waals surface area contributed by atoms with E-state index in [2.05, 4.69) is 0 Å². The molecule has 0 unspecified atom stereocenters. The molecule has 2 N–H and O–H groups in total. The largest absolute Gasteiger partial charge is 0.504 e. The number of benzene rings is 1. The van der Waals surface area contributed by atoms with Gasteiger partial charge < -0.3 is 20.0 Å². The van der Waals surface area contributed by atoms with Crippen molar-refractivity contribution >= 4 is 11.8 Å². The van der Waals surface area contributed by atoms with E-state index in [1.54, 1.807) is 9.80 Å². The number of phenols is 2. The van der Waals surface area contributed by atoms with E-state index in [1.807, 2.05) is 0 Å². The molecule has 1 aliphatic rings. The van der Waals surface area contributed by atoms with Crippen LogP contribution in [0.5, 0.6) is 11.5 Å². The Hall–Kier alpha value is -2.24. The zero-order valence-electron chi connectivity index (χ0n) is 11.4. The molecule has 1 aromatic rings. The van der Waals surface area contributed by atoms with Crippen molar-refractivity contribution in [2.24, 2.45) is 0 Å². The first-order valence-electron chi connectivity index (χ1n) is 6.56. The van der Waals surface area contributed by atoms with Crippen LogP contribution >= 0.6 is 0 Å². The topological polar surface area (TPSA) is 81.1 Å². The number of amides is 2. The summed E-state index contributed by atoms with van der Waals surface area (Å²) >= 11 is 0. The number of hydrogen-bond donors (Lipinski definition) is 2. The van der Waals surface area contributed by atoms with Crippen LogP contribution in [0.4, 0.5) is 0 Å². The molecular formula is C14H18N2O4. The van der Waals surface area contributed by atoms with Gasteiger partial charge in [-0.15, -0.1) is 0 Å². The van der Waals surface area contributed by atoms with Crippen molar-refractivity contribution in [3.8, 4) is 11.5 Å². The van der Waals surface area contributed by atoms with Crippen molar-refractivity contribution in [1.29, 1.82) is 0 Å². The number of para-hydroxylation sites is 1. The van der Waals surface area contributed by atoms with Crippen molar-refractivity contribution in [3.05, 3.63) is 23.8 Å². The van der Waals surface area contributed by atoms with E-state index in [4.69, 9.17) is 0 Å². The zero-order valence-corrected chi connectivity index (χ0v) is 11.4. The van der Waals surface area contributed by atoms with E-state index in [0.717, 1.165) is 0 Å². The van der Waals surface area contributed by atoms with E-state index in [1.165, 1.54) is 25.1 Å². The zero-order chi connectivity index (χ0) is 14.7. The first-order chi connectivity index (χ1) is 9.50. The van der Waals surface area contributed by atoms with Gasteiger partial charge in [-0.25, -0.2) is 0 Å². The molecule has 1 heterocycles. The van der Waals surface area contributed by atoms with Crippen molar-refractivity contribution in [1.82, 2.24) is 9.80 Å². The van der Waals surface area contributed by atoms with Crippen LogP contribution in [0, 0.1) is 0 Å². The lowest BCUT2D eigenvalue weighted by atomic mass is 10.1. The molecule has 2 rings (SSSR count). The monoisotopic (exact) mass is 278 g/mol. The van der Waals surface area contributed by atoms with Gasteiger partial charge in [0.15, 0.2) is 11.5 Å². The summed E-state index contributed by atoms with van der Waals surface area (Å²) in [4.78, 5) is 27.0. The van der Waals surface area contributed by atoms with Crippen LogP contribution in [-0.2, 0) is 4.79 Å². The van der Waals surface area contributed by atoms with Crippen molar-refractivity contribution < 1.29 is 19.8 Å².